The van der Waals surface area contributed by atoms with E-state index in [0.717, 1.165) is 4.88 Å². The summed E-state index contributed by atoms with van der Waals surface area (Å²) in [5.74, 6) is 0.0894. The maximum Gasteiger partial charge on any atom is 0.266 e. The molecule has 1 fully saturated rings. The molecule has 1 aromatic heterocycles. The molecule has 0 N–H and O–H groups in total. The van der Waals surface area contributed by atoms with Gasteiger partial charge in [0.05, 0.1) is 4.91 Å². The number of thiocarbonyl (C=S) groups is 1. The summed E-state index contributed by atoms with van der Waals surface area (Å²) < 4.78 is 0.580. The van der Waals surface area contributed by atoms with Crippen molar-refractivity contribution in [1.29, 1.82) is 0 Å². The van der Waals surface area contributed by atoms with Gasteiger partial charge in [-0.15, -0.1) is 11.3 Å². The summed E-state index contributed by atoms with van der Waals surface area (Å²) in [7, 11) is 0. The van der Waals surface area contributed by atoms with E-state index in [9.17, 15) is 9.59 Å². The van der Waals surface area contributed by atoms with E-state index in [1.54, 1.807) is 23.2 Å². The second-order valence-corrected chi connectivity index (χ2v) is 6.81. The first-order valence-electron chi connectivity index (χ1n) is 6.86. The van der Waals surface area contributed by atoms with Gasteiger partial charge in [0.1, 0.15) is 10.1 Å². The topological polar surface area (TPSA) is 37.4 Å². The minimum absolute atomic E-state index is 0.0491. The fourth-order valence-electron chi connectivity index (χ4n) is 1.68. The van der Waals surface area contributed by atoms with E-state index in [4.69, 9.17) is 12.2 Å². The van der Waals surface area contributed by atoms with Crippen LogP contribution in [0.4, 0.5) is 0 Å². The average Bonchev–Trinajstić information content (AvgIpc) is 3.05. The van der Waals surface area contributed by atoms with Crippen molar-refractivity contribution in [2.75, 3.05) is 6.54 Å². The predicted octanol–water partition coefficient (Wildman–Crippen LogP) is 4.34. The fourth-order valence-corrected chi connectivity index (χ4v) is 3.71. The number of ketones is 1. The lowest BCUT2D eigenvalue weighted by atomic mass is 10.2. The Morgan fingerprint density at radius 2 is 2.14 bits per heavy atom. The summed E-state index contributed by atoms with van der Waals surface area (Å²) in [6.45, 7) is 6.08. The molecule has 0 aliphatic carbocycles. The highest BCUT2D eigenvalue weighted by molar-refractivity contribution is 8.26. The fraction of sp³-hybridized carbons (Fsp3) is 0.400. The van der Waals surface area contributed by atoms with Gasteiger partial charge < -0.3 is 4.79 Å². The van der Waals surface area contributed by atoms with Crippen LogP contribution in [-0.2, 0) is 9.59 Å². The Kier molecular flexibility index (Phi) is 7.85. The summed E-state index contributed by atoms with van der Waals surface area (Å²) in [5.41, 5.74) is 0. The lowest BCUT2D eigenvalue weighted by Gasteiger charge is -2.13. The monoisotopic (exact) mass is 341 g/mol. The van der Waals surface area contributed by atoms with Crippen LogP contribution in [0.5, 0.6) is 0 Å². The third kappa shape index (κ3) is 5.37. The zero-order valence-electron chi connectivity index (χ0n) is 12.4. The van der Waals surface area contributed by atoms with Crippen LogP contribution in [0.2, 0.25) is 0 Å². The SMILES string of the molecule is CC.CC(=O)CCCN1C(=O)/C(=C/c2cccs2)SC1=S. The Morgan fingerprint density at radius 3 is 2.71 bits per heavy atom. The molecule has 21 heavy (non-hydrogen) atoms. The van der Waals surface area contributed by atoms with Crippen LogP contribution in [0.25, 0.3) is 6.08 Å². The Balaban J connectivity index is 0.00000106. The van der Waals surface area contributed by atoms with Gasteiger partial charge in [0, 0.05) is 17.8 Å². The Morgan fingerprint density at radius 1 is 1.43 bits per heavy atom. The largest absolute Gasteiger partial charge is 0.300 e. The lowest BCUT2D eigenvalue weighted by Crippen LogP contribution is -2.29. The van der Waals surface area contributed by atoms with Crippen LogP contribution in [0, 0.1) is 0 Å². The summed E-state index contributed by atoms with van der Waals surface area (Å²) in [4.78, 5) is 26.4. The van der Waals surface area contributed by atoms with Crippen molar-refractivity contribution in [2.45, 2.75) is 33.6 Å². The predicted molar refractivity (Wildman–Crippen MR) is 95.5 cm³/mol. The highest BCUT2D eigenvalue weighted by Gasteiger charge is 2.31. The van der Waals surface area contributed by atoms with Crippen molar-refractivity contribution >= 4 is 57.4 Å². The van der Waals surface area contributed by atoms with E-state index in [2.05, 4.69) is 0 Å². The molecular formula is C15H19NO2S3. The molecule has 114 valence electrons. The number of nitrogens with zero attached hydrogens (tertiary/aromatic N) is 1. The first-order valence-corrected chi connectivity index (χ1v) is 8.96. The molecule has 0 radical (unpaired) electrons. The van der Waals surface area contributed by atoms with Crippen LogP contribution < -0.4 is 0 Å². The van der Waals surface area contributed by atoms with E-state index in [-0.39, 0.29) is 11.7 Å². The van der Waals surface area contributed by atoms with Crippen molar-refractivity contribution in [3.63, 3.8) is 0 Å². The molecule has 1 aliphatic heterocycles. The summed E-state index contributed by atoms with van der Waals surface area (Å²) in [6, 6.07) is 3.91. The second-order valence-electron chi connectivity index (χ2n) is 4.15. The van der Waals surface area contributed by atoms with Crippen molar-refractivity contribution < 1.29 is 9.59 Å². The average molecular weight is 342 g/mol. The minimum atomic E-state index is -0.0491. The lowest BCUT2D eigenvalue weighted by molar-refractivity contribution is -0.123. The van der Waals surface area contributed by atoms with Gasteiger partial charge in [-0.05, 0) is 30.9 Å². The van der Waals surface area contributed by atoms with Gasteiger partial charge in [-0.1, -0.05) is 43.9 Å². The Labute approximate surface area is 139 Å². The highest BCUT2D eigenvalue weighted by atomic mass is 32.2. The van der Waals surface area contributed by atoms with Gasteiger partial charge in [0.25, 0.3) is 5.91 Å². The molecule has 0 spiro atoms. The normalized spacial score (nSPS) is 16.1. The smallest absolute Gasteiger partial charge is 0.266 e. The van der Waals surface area contributed by atoms with Gasteiger partial charge in [-0.2, -0.15) is 0 Å². The van der Waals surface area contributed by atoms with Crippen LogP contribution in [0.1, 0.15) is 38.5 Å². The number of thiophene rings is 1. The maximum absolute atomic E-state index is 12.2. The van der Waals surface area contributed by atoms with E-state index in [1.807, 2.05) is 37.4 Å². The van der Waals surface area contributed by atoms with Crippen molar-refractivity contribution in [3.05, 3.63) is 27.3 Å². The van der Waals surface area contributed by atoms with Crippen molar-refractivity contribution in [3.8, 4) is 0 Å². The number of carbonyl (C=O) groups excluding carboxylic acids is 2. The molecule has 3 nitrogen and oxygen atoms in total. The van der Waals surface area contributed by atoms with Crippen LogP contribution in [0.3, 0.4) is 0 Å². The molecule has 0 atom stereocenters. The number of hydrogen-bond donors (Lipinski definition) is 0. The van der Waals surface area contributed by atoms with Crippen molar-refractivity contribution in [2.24, 2.45) is 0 Å². The van der Waals surface area contributed by atoms with Crippen LogP contribution >= 0.6 is 35.3 Å². The molecule has 1 aromatic rings. The molecule has 2 heterocycles. The van der Waals surface area contributed by atoms with E-state index in [0.29, 0.717) is 28.6 Å². The van der Waals surface area contributed by atoms with Crippen LogP contribution in [0.15, 0.2) is 22.4 Å². The Hall–Kier alpha value is -0.980. The molecule has 6 heteroatoms. The zero-order chi connectivity index (χ0) is 15.8. The zero-order valence-corrected chi connectivity index (χ0v) is 14.9. The van der Waals surface area contributed by atoms with Gasteiger partial charge in [-0.25, -0.2) is 0 Å². The summed E-state index contributed by atoms with van der Waals surface area (Å²) >= 11 is 8.13. The molecule has 0 unspecified atom stereocenters. The number of hydrogen-bond acceptors (Lipinski definition) is 5. The highest BCUT2D eigenvalue weighted by Crippen LogP contribution is 2.33. The molecule has 1 aliphatic rings. The molecule has 0 saturated carbocycles. The van der Waals surface area contributed by atoms with Gasteiger partial charge >= 0.3 is 0 Å². The molecule has 1 amide bonds. The van der Waals surface area contributed by atoms with Gasteiger partial charge in [0.15, 0.2) is 0 Å². The summed E-state index contributed by atoms with van der Waals surface area (Å²) in [6.07, 6.45) is 3.02. The van der Waals surface area contributed by atoms with Gasteiger partial charge in [-0.3, -0.25) is 9.69 Å². The van der Waals surface area contributed by atoms with E-state index < -0.39 is 0 Å². The quantitative estimate of drug-likeness (QED) is 0.589. The Bertz CT molecular complexity index is 535. The standard InChI is InChI=1S/C13H13NO2S3.C2H6/c1-9(15)4-2-6-14-12(16)11(19-13(14)17)8-10-5-3-7-18-10;1-2/h3,5,7-8H,2,4,6H2,1H3;1-2H3/b11-8-;. The molecule has 0 bridgehead atoms. The third-order valence-electron chi connectivity index (χ3n) is 2.60. The summed E-state index contributed by atoms with van der Waals surface area (Å²) in [5, 5.41) is 1.97. The van der Waals surface area contributed by atoms with Crippen molar-refractivity contribution in [1.82, 2.24) is 4.90 Å². The molecule has 2 rings (SSSR count). The molecule has 0 aromatic carbocycles. The number of rotatable bonds is 5. The number of Topliss-reactive ketones (excluding diaryl/α,β-unsaturated/α-hetero) is 1. The van der Waals surface area contributed by atoms with Gasteiger partial charge in [0.2, 0.25) is 0 Å². The number of thioether (sulfide) groups is 1. The number of carbonyl (C=O) groups is 2. The number of amides is 1. The minimum Gasteiger partial charge on any atom is -0.300 e. The second kappa shape index (κ2) is 9.12. The maximum atomic E-state index is 12.2. The van der Waals surface area contributed by atoms with E-state index >= 15 is 0 Å². The molecule has 1 saturated heterocycles. The first kappa shape index (κ1) is 18.1. The van der Waals surface area contributed by atoms with E-state index in [1.165, 1.54) is 11.8 Å². The third-order valence-corrected chi connectivity index (χ3v) is 4.80. The van der Waals surface area contributed by atoms with Crippen LogP contribution in [-0.4, -0.2) is 27.5 Å². The molecular weight excluding hydrogens is 322 g/mol. The first-order chi connectivity index (χ1) is 10.1.